The zero-order valence-electron chi connectivity index (χ0n) is 12.1. The Labute approximate surface area is 111 Å². The highest BCUT2D eigenvalue weighted by atomic mass is 15.2. The average Bonchev–Trinajstić information content (AvgIpc) is 3.04. The standard InChI is InChI=1S/C14H28N4/c1-11-5-4-7-18(10-11)8-6-16-14(15-3)17-13-9-12(13)2/h11-13H,4-10H2,1-3H3,(H2,15,16,17). The quantitative estimate of drug-likeness (QED) is 0.585. The van der Waals surface area contributed by atoms with E-state index in [-0.39, 0.29) is 0 Å². The smallest absolute Gasteiger partial charge is 0.191 e. The van der Waals surface area contributed by atoms with Crippen LogP contribution in [0.2, 0.25) is 0 Å². The van der Waals surface area contributed by atoms with Gasteiger partial charge in [0, 0.05) is 32.7 Å². The molecule has 2 aliphatic rings. The molecule has 2 rings (SSSR count). The van der Waals surface area contributed by atoms with Gasteiger partial charge in [0.2, 0.25) is 0 Å². The van der Waals surface area contributed by atoms with E-state index in [9.17, 15) is 0 Å². The Morgan fingerprint density at radius 3 is 2.78 bits per heavy atom. The van der Waals surface area contributed by atoms with Gasteiger partial charge in [0.25, 0.3) is 0 Å². The highest BCUT2D eigenvalue weighted by Gasteiger charge is 2.33. The van der Waals surface area contributed by atoms with Crippen LogP contribution in [0.15, 0.2) is 4.99 Å². The maximum atomic E-state index is 4.28. The van der Waals surface area contributed by atoms with Gasteiger partial charge in [-0.15, -0.1) is 0 Å². The summed E-state index contributed by atoms with van der Waals surface area (Å²) in [6.45, 7) is 9.28. The Kier molecular flexibility index (Phi) is 4.87. The first-order valence-electron chi connectivity index (χ1n) is 7.38. The number of hydrogen-bond donors (Lipinski definition) is 2. The van der Waals surface area contributed by atoms with Crippen LogP contribution in [0.1, 0.15) is 33.1 Å². The van der Waals surface area contributed by atoms with Crippen LogP contribution < -0.4 is 10.6 Å². The van der Waals surface area contributed by atoms with Crippen LogP contribution in [0.5, 0.6) is 0 Å². The first-order chi connectivity index (χ1) is 8.69. The number of hydrogen-bond acceptors (Lipinski definition) is 2. The molecule has 2 N–H and O–H groups in total. The summed E-state index contributed by atoms with van der Waals surface area (Å²) in [7, 11) is 1.85. The van der Waals surface area contributed by atoms with Crippen molar-refractivity contribution in [1.29, 1.82) is 0 Å². The van der Waals surface area contributed by atoms with Gasteiger partial charge in [-0.1, -0.05) is 13.8 Å². The van der Waals surface area contributed by atoms with Gasteiger partial charge in [-0.05, 0) is 37.6 Å². The number of aliphatic imine (C=N–C) groups is 1. The third kappa shape index (κ3) is 4.16. The zero-order valence-corrected chi connectivity index (χ0v) is 12.1. The van der Waals surface area contributed by atoms with Gasteiger partial charge in [-0.2, -0.15) is 0 Å². The molecule has 1 heterocycles. The maximum Gasteiger partial charge on any atom is 0.191 e. The molecule has 0 aromatic rings. The maximum absolute atomic E-state index is 4.28. The fourth-order valence-electron chi connectivity index (χ4n) is 2.72. The van der Waals surface area contributed by atoms with Crippen molar-refractivity contribution in [2.45, 2.75) is 39.2 Å². The second-order valence-corrected chi connectivity index (χ2v) is 6.01. The summed E-state index contributed by atoms with van der Waals surface area (Å²) in [6, 6.07) is 0.645. The van der Waals surface area contributed by atoms with Crippen molar-refractivity contribution in [3.05, 3.63) is 0 Å². The zero-order chi connectivity index (χ0) is 13.0. The van der Waals surface area contributed by atoms with Gasteiger partial charge < -0.3 is 15.5 Å². The average molecular weight is 252 g/mol. The van der Waals surface area contributed by atoms with Gasteiger partial charge in [-0.25, -0.2) is 0 Å². The van der Waals surface area contributed by atoms with E-state index in [1.165, 1.54) is 32.4 Å². The van der Waals surface area contributed by atoms with Crippen molar-refractivity contribution in [3.8, 4) is 0 Å². The van der Waals surface area contributed by atoms with E-state index in [0.717, 1.165) is 30.9 Å². The number of nitrogens with zero attached hydrogens (tertiary/aromatic N) is 2. The summed E-state index contributed by atoms with van der Waals surface area (Å²) in [6.07, 6.45) is 4.03. The molecule has 1 aliphatic carbocycles. The normalized spacial score (nSPS) is 33.3. The molecule has 1 saturated carbocycles. The molecule has 1 saturated heterocycles. The molecule has 0 aromatic heterocycles. The van der Waals surface area contributed by atoms with Crippen LogP contribution in [-0.2, 0) is 0 Å². The molecule has 3 atom stereocenters. The van der Waals surface area contributed by atoms with Gasteiger partial charge in [-0.3, -0.25) is 4.99 Å². The third-order valence-corrected chi connectivity index (χ3v) is 4.12. The Hall–Kier alpha value is -0.770. The van der Waals surface area contributed by atoms with Crippen LogP contribution in [0.25, 0.3) is 0 Å². The SMILES string of the molecule is CN=C(NCCN1CCCC(C)C1)NC1CC1C. The third-order valence-electron chi connectivity index (χ3n) is 4.12. The summed E-state index contributed by atoms with van der Waals surface area (Å²) in [5, 5.41) is 6.88. The Morgan fingerprint density at radius 1 is 1.39 bits per heavy atom. The predicted octanol–water partition coefficient (Wildman–Crippen LogP) is 1.29. The second kappa shape index (κ2) is 6.41. The van der Waals surface area contributed by atoms with Crippen LogP contribution in [-0.4, -0.2) is 50.1 Å². The van der Waals surface area contributed by atoms with E-state index < -0.39 is 0 Å². The Bertz CT molecular complexity index is 290. The molecule has 0 bridgehead atoms. The summed E-state index contributed by atoms with van der Waals surface area (Å²) in [5.41, 5.74) is 0. The van der Waals surface area contributed by atoms with Crippen LogP contribution in [0.4, 0.5) is 0 Å². The van der Waals surface area contributed by atoms with Crippen molar-refractivity contribution < 1.29 is 0 Å². The van der Waals surface area contributed by atoms with Crippen LogP contribution in [0, 0.1) is 11.8 Å². The van der Waals surface area contributed by atoms with Gasteiger partial charge in [0.05, 0.1) is 0 Å². The lowest BCUT2D eigenvalue weighted by Gasteiger charge is -2.30. The van der Waals surface area contributed by atoms with Crippen molar-refractivity contribution in [2.24, 2.45) is 16.8 Å². The lowest BCUT2D eigenvalue weighted by Crippen LogP contribution is -2.44. The summed E-state index contributed by atoms with van der Waals surface area (Å²) in [5.74, 6) is 2.64. The minimum atomic E-state index is 0.645. The fourth-order valence-corrected chi connectivity index (χ4v) is 2.72. The largest absolute Gasteiger partial charge is 0.355 e. The van der Waals surface area contributed by atoms with Gasteiger partial charge >= 0.3 is 0 Å². The fraction of sp³-hybridized carbons (Fsp3) is 0.929. The highest BCUT2D eigenvalue weighted by Crippen LogP contribution is 2.28. The second-order valence-electron chi connectivity index (χ2n) is 6.01. The molecular formula is C14H28N4. The van der Waals surface area contributed by atoms with Crippen molar-refractivity contribution in [2.75, 3.05) is 33.2 Å². The molecular weight excluding hydrogens is 224 g/mol. The van der Waals surface area contributed by atoms with Crippen LogP contribution in [0.3, 0.4) is 0 Å². The topological polar surface area (TPSA) is 39.7 Å². The van der Waals surface area contributed by atoms with Crippen molar-refractivity contribution in [3.63, 3.8) is 0 Å². The van der Waals surface area contributed by atoms with Crippen molar-refractivity contribution in [1.82, 2.24) is 15.5 Å². The summed E-state index contributed by atoms with van der Waals surface area (Å²) < 4.78 is 0. The first-order valence-corrected chi connectivity index (χ1v) is 7.38. The molecule has 1 aliphatic heterocycles. The molecule has 4 heteroatoms. The highest BCUT2D eigenvalue weighted by molar-refractivity contribution is 5.80. The van der Waals surface area contributed by atoms with E-state index >= 15 is 0 Å². The number of nitrogens with one attached hydrogen (secondary N) is 2. The molecule has 0 amide bonds. The van der Waals surface area contributed by atoms with E-state index in [1.54, 1.807) is 0 Å². The van der Waals surface area contributed by atoms with Gasteiger partial charge in [0.15, 0.2) is 5.96 Å². The molecule has 18 heavy (non-hydrogen) atoms. The van der Waals surface area contributed by atoms with Gasteiger partial charge in [0.1, 0.15) is 0 Å². The minimum absolute atomic E-state index is 0.645. The predicted molar refractivity (Wildman–Crippen MR) is 76.9 cm³/mol. The van der Waals surface area contributed by atoms with E-state index in [0.29, 0.717) is 6.04 Å². The molecule has 104 valence electrons. The lowest BCUT2D eigenvalue weighted by molar-refractivity contribution is 0.187. The van der Waals surface area contributed by atoms with E-state index in [4.69, 9.17) is 0 Å². The summed E-state index contributed by atoms with van der Waals surface area (Å²) in [4.78, 5) is 6.84. The summed E-state index contributed by atoms with van der Waals surface area (Å²) >= 11 is 0. The Morgan fingerprint density at radius 2 is 2.17 bits per heavy atom. The van der Waals surface area contributed by atoms with Crippen LogP contribution >= 0.6 is 0 Å². The lowest BCUT2D eigenvalue weighted by atomic mass is 10.0. The first kappa shape index (κ1) is 13.7. The molecule has 0 aromatic carbocycles. The minimum Gasteiger partial charge on any atom is -0.355 e. The Balaban J connectivity index is 1.61. The number of piperidine rings is 1. The molecule has 3 unspecified atom stereocenters. The number of rotatable bonds is 4. The molecule has 4 nitrogen and oxygen atoms in total. The van der Waals surface area contributed by atoms with E-state index in [1.807, 2.05) is 7.05 Å². The number of likely N-dealkylation sites (tertiary alicyclic amines) is 1. The molecule has 0 spiro atoms. The molecule has 0 radical (unpaired) electrons. The van der Waals surface area contributed by atoms with Crippen molar-refractivity contribution >= 4 is 5.96 Å². The van der Waals surface area contributed by atoms with E-state index in [2.05, 4.69) is 34.4 Å². The molecule has 2 fully saturated rings. The number of guanidine groups is 1. The monoisotopic (exact) mass is 252 g/mol.